The van der Waals surface area contributed by atoms with Gasteiger partial charge in [0.15, 0.2) is 11.2 Å². The molecule has 0 aliphatic heterocycles. The fourth-order valence-electron chi connectivity index (χ4n) is 3.34. The number of carbonyl (C=O) groups is 1. The molecule has 0 saturated heterocycles. The number of ether oxygens (including phenoxy) is 2. The van der Waals surface area contributed by atoms with Crippen molar-refractivity contribution in [2.24, 2.45) is 0 Å². The van der Waals surface area contributed by atoms with Gasteiger partial charge in [0.25, 0.3) is 5.56 Å². The summed E-state index contributed by atoms with van der Waals surface area (Å²) in [4.78, 5) is 48.4. The van der Waals surface area contributed by atoms with Crippen LogP contribution in [0.3, 0.4) is 0 Å². The molecule has 3 aromatic heterocycles. The van der Waals surface area contributed by atoms with Gasteiger partial charge in [0.1, 0.15) is 12.4 Å². The van der Waals surface area contributed by atoms with Gasteiger partial charge in [-0.15, -0.1) is 0 Å². The van der Waals surface area contributed by atoms with Crippen molar-refractivity contribution in [3.63, 3.8) is 0 Å². The molecule has 0 bridgehead atoms. The number of nitrogens with zero attached hydrogens (tertiary/aromatic N) is 4. The van der Waals surface area contributed by atoms with E-state index in [1.54, 1.807) is 16.7 Å². The fourth-order valence-corrected chi connectivity index (χ4v) is 3.34. The molecule has 0 aromatic carbocycles. The topological polar surface area (TPSA) is 121 Å². The van der Waals surface area contributed by atoms with E-state index in [1.165, 1.54) is 10.8 Å². The van der Waals surface area contributed by atoms with Crippen molar-refractivity contribution in [1.29, 1.82) is 0 Å². The number of hydrogen-bond donors (Lipinski definition) is 1. The maximum absolute atomic E-state index is 12.5. The molecule has 0 spiro atoms. The lowest BCUT2D eigenvalue weighted by molar-refractivity contribution is 0.0458. The molecule has 0 aliphatic rings. The maximum atomic E-state index is 12.5. The zero-order valence-corrected chi connectivity index (χ0v) is 18.9. The van der Waals surface area contributed by atoms with Gasteiger partial charge in [0.05, 0.1) is 11.7 Å². The average molecular weight is 444 g/mol. The normalized spacial score (nSPS) is 11.3. The standard InChI is InChI=1S/C22H29N5O5/c1-5-7-11-27-19-18(20(28)25-22(27)30)26(10-6-2)16(24-19)13-31-21(29)15-8-9-17(23-12-15)32-14(3)4/h8-9,12,14H,5-7,10-11,13H2,1-4H3,(H,25,28,30). The molecule has 0 saturated carbocycles. The van der Waals surface area contributed by atoms with Crippen LogP contribution in [-0.4, -0.2) is 36.2 Å². The number of aryl methyl sites for hydroxylation is 2. The molecular weight excluding hydrogens is 414 g/mol. The number of H-pyrrole nitrogens is 1. The molecule has 0 aliphatic carbocycles. The van der Waals surface area contributed by atoms with Crippen molar-refractivity contribution in [2.45, 2.75) is 72.8 Å². The fraction of sp³-hybridized carbons (Fsp3) is 0.500. The molecule has 3 aromatic rings. The number of hydrogen-bond acceptors (Lipinski definition) is 7. The van der Waals surface area contributed by atoms with Crippen LogP contribution in [0.4, 0.5) is 0 Å². The first-order valence-corrected chi connectivity index (χ1v) is 10.9. The molecule has 0 atom stereocenters. The monoisotopic (exact) mass is 443 g/mol. The summed E-state index contributed by atoms with van der Waals surface area (Å²) in [6.45, 7) is 8.57. The van der Waals surface area contributed by atoms with Gasteiger partial charge in [-0.1, -0.05) is 20.3 Å². The van der Waals surface area contributed by atoms with Crippen LogP contribution in [0.2, 0.25) is 0 Å². The Bertz CT molecular complexity index is 1190. The second-order valence-electron chi connectivity index (χ2n) is 7.74. The lowest BCUT2D eigenvalue weighted by Gasteiger charge is -2.10. The van der Waals surface area contributed by atoms with E-state index in [4.69, 9.17) is 9.47 Å². The van der Waals surface area contributed by atoms with E-state index in [-0.39, 0.29) is 18.3 Å². The molecule has 0 amide bonds. The van der Waals surface area contributed by atoms with Gasteiger partial charge >= 0.3 is 11.7 Å². The molecule has 172 valence electrons. The van der Waals surface area contributed by atoms with E-state index < -0.39 is 17.2 Å². The van der Waals surface area contributed by atoms with E-state index in [1.807, 2.05) is 27.7 Å². The van der Waals surface area contributed by atoms with E-state index >= 15 is 0 Å². The van der Waals surface area contributed by atoms with Crippen LogP contribution in [-0.2, 0) is 24.4 Å². The van der Waals surface area contributed by atoms with Crippen LogP contribution in [0.1, 0.15) is 63.1 Å². The summed E-state index contributed by atoms with van der Waals surface area (Å²) in [6, 6.07) is 3.18. The van der Waals surface area contributed by atoms with E-state index in [0.717, 1.165) is 19.3 Å². The van der Waals surface area contributed by atoms with Gasteiger partial charge in [0.2, 0.25) is 5.88 Å². The highest BCUT2D eigenvalue weighted by Crippen LogP contribution is 2.15. The maximum Gasteiger partial charge on any atom is 0.340 e. The summed E-state index contributed by atoms with van der Waals surface area (Å²) < 4.78 is 14.1. The summed E-state index contributed by atoms with van der Waals surface area (Å²) in [5.41, 5.74) is -0.0948. The SMILES string of the molecule is CCCCn1c(=O)[nH]c(=O)c2c1nc(COC(=O)c1ccc(OC(C)C)nc1)n2CCC. The number of rotatable bonds is 10. The highest BCUT2D eigenvalue weighted by Gasteiger charge is 2.19. The molecule has 10 heteroatoms. The molecule has 10 nitrogen and oxygen atoms in total. The minimum absolute atomic E-state index is 0.0234. The van der Waals surface area contributed by atoms with E-state index in [2.05, 4.69) is 15.0 Å². The quantitative estimate of drug-likeness (QED) is 0.478. The third-order valence-corrected chi connectivity index (χ3v) is 4.81. The number of aromatic nitrogens is 5. The number of pyridine rings is 1. The number of fused-ring (bicyclic) bond motifs is 1. The van der Waals surface area contributed by atoms with Gasteiger partial charge in [-0.05, 0) is 32.8 Å². The van der Waals surface area contributed by atoms with Crippen LogP contribution >= 0.6 is 0 Å². The molecule has 32 heavy (non-hydrogen) atoms. The Morgan fingerprint density at radius 3 is 2.53 bits per heavy atom. The van der Waals surface area contributed by atoms with E-state index in [9.17, 15) is 14.4 Å². The van der Waals surface area contributed by atoms with Crippen LogP contribution in [0.25, 0.3) is 11.2 Å². The smallest absolute Gasteiger partial charge is 0.340 e. The van der Waals surface area contributed by atoms with Crippen molar-refractivity contribution in [1.82, 2.24) is 24.1 Å². The first kappa shape index (κ1) is 23.2. The molecule has 0 unspecified atom stereocenters. The Morgan fingerprint density at radius 1 is 1.12 bits per heavy atom. The van der Waals surface area contributed by atoms with Crippen molar-refractivity contribution >= 4 is 17.1 Å². The number of nitrogens with one attached hydrogen (secondary N) is 1. The van der Waals surface area contributed by atoms with Crippen LogP contribution < -0.4 is 16.0 Å². The van der Waals surface area contributed by atoms with Gasteiger partial charge in [-0.2, -0.15) is 0 Å². The molecule has 0 radical (unpaired) electrons. The predicted octanol–water partition coefficient (Wildman–Crippen LogP) is 2.64. The van der Waals surface area contributed by atoms with Crippen molar-refractivity contribution < 1.29 is 14.3 Å². The van der Waals surface area contributed by atoms with Crippen molar-refractivity contribution in [2.75, 3.05) is 0 Å². The van der Waals surface area contributed by atoms with Crippen LogP contribution in [0.5, 0.6) is 5.88 Å². The Morgan fingerprint density at radius 2 is 1.91 bits per heavy atom. The Labute approximate surface area is 185 Å². The lowest BCUT2D eigenvalue weighted by Crippen LogP contribution is -2.31. The number of imidazole rings is 1. The summed E-state index contributed by atoms with van der Waals surface area (Å²) >= 11 is 0. The minimum atomic E-state index is -0.569. The lowest BCUT2D eigenvalue weighted by atomic mass is 10.3. The largest absolute Gasteiger partial charge is 0.475 e. The van der Waals surface area contributed by atoms with Crippen LogP contribution in [0.15, 0.2) is 27.9 Å². The minimum Gasteiger partial charge on any atom is -0.475 e. The van der Waals surface area contributed by atoms with Crippen molar-refractivity contribution in [3.8, 4) is 5.88 Å². The Hall–Kier alpha value is -3.43. The second kappa shape index (κ2) is 10.3. The van der Waals surface area contributed by atoms with Gasteiger partial charge in [-0.3, -0.25) is 14.3 Å². The summed E-state index contributed by atoms with van der Waals surface area (Å²) in [5.74, 6) is 0.260. The first-order chi connectivity index (χ1) is 15.3. The Kier molecular flexibility index (Phi) is 7.45. The van der Waals surface area contributed by atoms with Gasteiger partial charge in [0, 0.05) is 25.4 Å². The third-order valence-electron chi connectivity index (χ3n) is 4.81. The summed E-state index contributed by atoms with van der Waals surface area (Å²) in [6.07, 6.45) is 3.77. The molecule has 3 heterocycles. The highest BCUT2D eigenvalue weighted by atomic mass is 16.5. The zero-order chi connectivity index (χ0) is 23.3. The highest BCUT2D eigenvalue weighted by molar-refractivity contribution is 5.89. The third kappa shape index (κ3) is 5.06. The van der Waals surface area contributed by atoms with Crippen LogP contribution in [0, 0.1) is 0 Å². The molecular formula is C22H29N5O5. The predicted molar refractivity (Wildman–Crippen MR) is 119 cm³/mol. The molecule has 0 fully saturated rings. The second-order valence-corrected chi connectivity index (χ2v) is 7.74. The number of aromatic amines is 1. The van der Waals surface area contributed by atoms with E-state index in [0.29, 0.717) is 36.0 Å². The molecule has 1 N–H and O–H groups in total. The first-order valence-electron chi connectivity index (χ1n) is 10.9. The summed E-state index contributed by atoms with van der Waals surface area (Å²) in [5, 5.41) is 0. The van der Waals surface area contributed by atoms with Crippen molar-refractivity contribution in [3.05, 3.63) is 50.6 Å². The number of esters is 1. The molecule has 3 rings (SSSR count). The zero-order valence-electron chi connectivity index (χ0n) is 18.9. The number of carbonyl (C=O) groups excluding carboxylic acids is 1. The average Bonchev–Trinajstić information content (AvgIpc) is 3.11. The Balaban J connectivity index is 1.88. The number of unbranched alkanes of at least 4 members (excludes halogenated alkanes) is 1. The van der Waals surface area contributed by atoms with Gasteiger partial charge < -0.3 is 14.0 Å². The summed E-state index contributed by atoms with van der Waals surface area (Å²) in [7, 11) is 0. The van der Waals surface area contributed by atoms with Gasteiger partial charge in [-0.25, -0.2) is 19.6 Å².